The molecule has 2 aromatic carbocycles. The average molecular weight is 348 g/mol. The van der Waals surface area contributed by atoms with Gasteiger partial charge in [0.05, 0.1) is 5.75 Å². The van der Waals surface area contributed by atoms with E-state index in [4.69, 9.17) is 4.74 Å². The highest BCUT2D eigenvalue weighted by Gasteiger charge is 2.15. The number of hydrogen-bond acceptors (Lipinski definition) is 4. The van der Waals surface area contributed by atoms with Crippen LogP contribution in [0.5, 0.6) is 5.75 Å². The topological polar surface area (TPSA) is 67.4 Å². The van der Waals surface area contributed by atoms with Crippen LogP contribution in [-0.2, 0) is 9.59 Å². The average Bonchev–Trinajstić information content (AvgIpc) is 2.60. The summed E-state index contributed by atoms with van der Waals surface area (Å²) in [5.74, 6) is -0.673. The quantitative estimate of drug-likeness (QED) is 0.622. The summed E-state index contributed by atoms with van der Waals surface area (Å²) in [5, 5.41) is 0. The molecule has 0 bridgehead atoms. The van der Waals surface area contributed by atoms with Crippen molar-refractivity contribution in [2.45, 2.75) is 17.9 Å². The lowest BCUT2D eigenvalue weighted by Crippen LogP contribution is -2.47. The number of hydrogen-bond donors (Lipinski definition) is 2. The van der Waals surface area contributed by atoms with Gasteiger partial charge in [-0.05, 0) is 43.3 Å². The summed E-state index contributed by atoms with van der Waals surface area (Å²) >= 11 is 1.36. The van der Waals surface area contributed by atoms with Crippen LogP contribution in [0.4, 0.5) is 4.39 Å². The fourth-order valence-corrected chi connectivity index (χ4v) is 2.42. The maximum Gasteiger partial charge on any atom is 0.279 e. The largest absolute Gasteiger partial charge is 0.481 e. The number of carbonyl (C=O) groups excluding carboxylic acids is 2. The first-order chi connectivity index (χ1) is 11.5. The SMILES string of the molecule is CC(Oc1ccc(F)cc1)C(=O)NNC(=O)CSc1ccccc1. The Hall–Kier alpha value is -2.54. The van der Waals surface area contributed by atoms with Gasteiger partial charge in [-0.25, -0.2) is 4.39 Å². The molecule has 7 heteroatoms. The molecule has 1 atom stereocenters. The number of thioether (sulfide) groups is 1. The third-order valence-electron chi connectivity index (χ3n) is 2.93. The van der Waals surface area contributed by atoms with E-state index in [0.29, 0.717) is 5.75 Å². The van der Waals surface area contributed by atoms with Gasteiger partial charge in [-0.1, -0.05) is 18.2 Å². The van der Waals surface area contributed by atoms with Crippen LogP contribution in [0.1, 0.15) is 6.92 Å². The Morgan fingerprint density at radius 1 is 1.08 bits per heavy atom. The van der Waals surface area contributed by atoms with Crippen molar-refractivity contribution in [1.29, 1.82) is 0 Å². The van der Waals surface area contributed by atoms with E-state index in [1.165, 1.54) is 43.0 Å². The lowest BCUT2D eigenvalue weighted by Gasteiger charge is -2.15. The number of halogens is 1. The fourth-order valence-electron chi connectivity index (χ4n) is 1.71. The molecule has 24 heavy (non-hydrogen) atoms. The second-order valence-corrected chi connectivity index (χ2v) is 5.90. The van der Waals surface area contributed by atoms with Crippen molar-refractivity contribution in [1.82, 2.24) is 10.9 Å². The van der Waals surface area contributed by atoms with Crippen LogP contribution in [0, 0.1) is 5.82 Å². The smallest absolute Gasteiger partial charge is 0.279 e. The van der Waals surface area contributed by atoms with Gasteiger partial charge in [0.1, 0.15) is 11.6 Å². The van der Waals surface area contributed by atoms with Crippen molar-refractivity contribution in [2.75, 3.05) is 5.75 Å². The summed E-state index contributed by atoms with van der Waals surface area (Å²) in [7, 11) is 0. The van der Waals surface area contributed by atoms with Crippen LogP contribution in [0.2, 0.25) is 0 Å². The van der Waals surface area contributed by atoms with Crippen LogP contribution >= 0.6 is 11.8 Å². The van der Waals surface area contributed by atoms with Gasteiger partial charge in [-0.2, -0.15) is 0 Å². The van der Waals surface area contributed by atoms with Crippen molar-refractivity contribution >= 4 is 23.6 Å². The van der Waals surface area contributed by atoms with E-state index in [-0.39, 0.29) is 17.5 Å². The summed E-state index contributed by atoms with van der Waals surface area (Å²) in [6.07, 6.45) is -0.836. The molecule has 0 aromatic heterocycles. The molecule has 1 unspecified atom stereocenters. The van der Waals surface area contributed by atoms with Crippen LogP contribution in [0.3, 0.4) is 0 Å². The first-order valence-corrected chi connectivity index (χ1v) is 8.22. The summed E-state index contributed by atoms with van der Waals surface area (Å²) in [5.41, 5.74) is 4.63. The van der Waals surface area contributed by atoms with Crippen LogP contribution in [-0.4, -0.2) is 23.7 Å². The number of ether oxygens (including phenoxy) is 1. The lowest BCUT2D eigenvalue weighted by atomic mass is 10.3. The molecule has 0 aliphatic carbocycles. The molecule has 0 fully saturated rings. The van der Waals surface area contributed by atoms with Gasteiger partial charge >= 0.3 is 0 Å². The molecule has 126 valence electrons. The van der Waals surface area contributed by atoms with Gasteiger partial charge in [0.15, 0.2) is 6.10 Å². The Bertz CT molecular complexity index is 680. The molecule has 2 N–H and O–H groups in total. The molecule has 2 rings (SSSR count). The molecule has 0 saturated heterocycles. The predicted octanol–water partition coefficient (Wildman–Crippen LogP) is 2.53. The van der Waals surface area contributed by atoms with Crippen molar-refractivity contribution in [3.63, 3.8) is 0 Å². The summed E-state index contributed by atoms with van der Waals surface area (Å²) in [4.78, 5) is 24.5. The lowest BCUT2D eigenvalue weighted by molar-refractivity contribution is -0.131. The minimum Gasteiger partial charge on any atom is -0.481 e. The van der Waals surface area contributed by atoms with Crippen molar-refractivity contribution in [3.05, 3.63) is 60.4 Å². The number of carbonyl (C=O) groups is 2. The number of rotatable bonds is 6. The van der Waals surface area contributed by atoms with Crippen LogP contribution in [0.15, 0.2) is 59.5 Å². The molecule has 5 nitrogen and oxygen atoms in total. The number of amides is 2. The van der Waals surface area contributed by atoms with Gasteiger partial charge < -0.3 is 4.74 Å². The highest BCUT2D eigenvalue weighted by molar-refractivity contribution is 8.00. The van der Waals surface area contributed by atoms with Crippen LogP contribution in [0.25, 0.3) is 0 Å². The Labute approximate surface area is 143 Å². The minimum atomic E-state index is -0.836. The standard InChI is InChI=1S/C17H17FN2O3S/c1-12(23-14-9-7-13(18)8-10-14)17(22)20-19-16(21)11-24-15-5-3-2-4-6-15/h2-10,12H,11H2,1H3,(H,19,21)(H,20,22). The normalized spacial score (nSPS) is 11.4. The maximum atomic E-state index is 12.8. The molecular formula is C17H17FN2O3S. The number of nitrogens with one attached hydrogen (secondary N) is 2. The van der Waals surface area contributed by atoms with E-state index in [1.807, 2.05) is 30.3 Å². The molecule has 0 aliphatic rings. The second kappa shape index (κ2) is 8.93. The first-order valence-electron chi connectivity index (χ1n) is 7.23. The molecule has 2 aromatic rings. The highest BCUT2D eigenvalue weighted by atomic mass is 32.2. The zero-order chi connectivity index (χ0) is 17.4. The molecule has 2 amide bonds. The van der Waals surface area contributed by atoms with Gasteiger partial charge in [-0.15, -0.1) is 11.8 Å². The van der Waals surface area contributed by atoms with Gasteiger partial charge in [0.25, 0.3) is 5.91 Å². The Morgan fingerprint density at radius 2 is 1.75 bits per heavy atom. The first kappa shape index (κ1) is 17.8. The molecule has 0 spiro atoms. The van der Waals surface area contributed by atoms with Crippen LogP contribution < -0.4 is 15.6 Å². The van der Waals surface area contributed by atoms with E-state index < -0.39 is 12.0 Å². The molecule has 0 aliphatic heterocycles. The Balaban J connectivity index is 1.71. The Morgan fingerprint density at radius 3 is 2.42 bits per heavy atom. The van der Waals surface area contributed by atoms with Gasteiger partial charge in [0.2, 0.25) is 5.91 Å². The fraction of sp³-hybridized carbons (Fsp3) is 0.176. The molecule has 0 heterocycles. The van der Waals surface area contributed by atoms with E-state index in [2.05, 4.69) is 10.9 Å². The zero-order valence-electron chi connectivity index (χ0n) is 13.0. The zero-order valence-corrected chi connectivity index (χ0v) is 13.8. The summed E-state index contributed by atoms with van der Waals surface area (Å²) in [6, 6.07) is 14.8. The van der Waals surface area contributed by atoms with E-state index in [0.717, 1.165) is 4.90 Å². The van der Waals surface area contributed by atoms with E-state index >= 15 is 0 Å². The van der Waals surface area contributed by atoms with Gasteiger partial charge in [-0.3, -0.25) is 20.4 Å². The maximum absolute atomic E-state index is 12.8. The predicted molar refractivity (Wildman–Crippen MR) is 89.9 cm³/mol. The minimum absolute atomic E-state index is 0.178. The second-order valence-electron chi connectivity index (χ2n) is 4.85. The monoisotopic (exact) mass is 348 g/mol. The van der Waals surface area contributed by atoms with Crippen molar-refractivity contribution < 1.29 is 18.7 Å². The third kappa shape index (κ3) is 5.92. The van der Waals surface area contributed by atoms with Crippen molar-refractivity contribution in [2.24, 2.45) is 0 Å². The van der Waals surface area contributed by atoms with E-state index in [1.54, 1.807) is 0 Å². The Kier molecular flexibility index (Phi) is 6.62. The summed E-state index contributed by atoms with van der Waals surface area (Å²) in [6.45, 7) is 1.53. The molecule has 0 radical (unpaired) electrons. The molecular weight excluding hydrogens is 331 g/mol. The number of benzene rings is 2. The highest BCUT2D eigenvalue weighted by Crippen LogP contribution is 2.16. The van der Waals surface area contributed by atoms with Gasteiger partial charge in [0, 0.05) is 4.90 Å². The number of hydrazine groups is 1. The summed E-state index contributed by atoms with van der Waals surface area (Å²) < 4.78 is 18.2. The van der Waals surface area contributed by atoms with E-state index in [9.17, 15) is 14.0 Å². The molecule has 0 saturated carbocycles. The van der Waals surface area contributed by atoms with Crippen molar-refractivity contribution in [3.8, 4) is 5.75 Å². The third-order valence-corrected chi connectivity index (χ3v) is 3.95.